The van der Waals surface area contributed by atoms with Crippen molar-refractivity contribution in [1.29, 1.82) is 0 Å². The van der Waals surface area contributed by atoms with Crippen molar-refractivity contribution in [3.63, 3.8) is 0 Å². The molecule has 2 aliphatic rings. The second-order valence-electron chi connectivity index (χ2n) is 7.51. The van der Waals surface area contributed by atoms with Crippen LogP contribution >= 0.6 is 0 Å². The van der Waals surface area contributed by atoms with Crippen LogP contribution in [-0.2, 0) is 11.2 Å². The van der Waals surface area contributed by atoms with Crippen LogP contribution in [0.1, 0.15) is 44.1 Å². The minimum atomic E-state index is -0.0254. The molecule has 1 atom stereocenters. The van der Waals surface area contributed by atoms with Crippen LogP contribution in [0.4, 0.5) is 4.79 Å². The van der Waals surface area contributed by atoms with Crippen molar-refractivity contribution in [2.24, 2.45) is 5.41 Å². The van der Waals surface area contributed by atoms with Gasteiger partial charge in [-0.15, -0.1) is 0 Å². The Balaban J connectivity index is 1.32. The van der Waals surface area contributed by atoms with Gasteiger partial charge in [-0.05, 0) is 37.7 Å². The molecular weight excluding hydrogens is 314 g/mol. The number of amides is 3. The van der Waals surface area contributed by atoms with Crippen LogP contribution in [0.2, 0.25) is 0 Å². The first kappa shape index (κ1) is 17.8. The van der Waals surface area contributed by atoms with Gasteiger partial charge in [0.2, 0.25) is 5.91 Å². The fourth-order valence-electron chi connectivity index (χ4n) is 4.00. The minimum absolute atomic E-state index is 0.0254. The molecule has 2 aliphatic heterocycles. The summed E-state index contributed by atoms with van der Waals surface area (Å²) in [4.78, 5) is 25.8. The summed E-state index contributed by atoms with van der Waals surface area (Å²) in [6.07, 6.45) is 6.98. The normalized spacial score (nSPS) is 22.9. The highest BCUT2D eigenvalue weighted by atomic mass is 16.2. The molecule has 1 spiro atoms. The summed E-state index contributed by atoms with van der Waals surface area (Å²) in [5, 5.41) is 5.97. The SMILES string of the molecule is O=C1C[C@@]2(CCCN(C(=O)NCCCCCc3ccccc3)C2)CN1. The summed E-state index contributed by atoms with van der Waals surface area (Å²) < 4.78 is 0. The van der Waals surface area contributed by atoms with Crippen molar-refractivity contribution in [3.8, 4) is 0 Å². The predicted molar refractivity (Wildman–Crippen MR) is 98.3 cm³/mol. The zero-order chi connectivity index (χ0) is 17.5. The van der Waals surface area contributed by atoms with Crippen molar-refractivity contribution < 1.29 is 9.59 Å². The molecule has 0 unspecified atom stereocenters. The van der Waals surface area contributed by atoms with Gasteiger partial charge >= 0.3 is 6.03 Å². The van der Waals surface area contributed by atoms with Gasteiger partial charge < -0.3 is 15.5 Å². The van der Waals surface area contributed by atoms with Gasteiger partial charge in [0.25, 0.3) is 0 Å². The lowest BCUT2D eigenvalue weighted by atomic mass is 9.79. The first-order chi connectivity index (χ1) is 12.2. The number of benzene rings is 1. The number of nitrogens with zero attached hydrogens (tertiary/aromatic N) is 1. The summed E-state index contributed by atoms with van der Waals surface area (Å²) in [6, 6.07) is 10.6. The van der Waals surface area contributed by atoms with Crippen LogP contribution in [0.3, 0.4) is 0 Å². The van der Waals surface area contributed by atoms with Gasteiger partial charge in [-0.2, -0.15) is 0 Å². The van der Waals surface area contributed by atoms with E-state index in [0.29, 0.717) is 13.0 Å². The van der Waals surface area contributed by atoms with Gasteiger partial charge in [-0.25, -0.2) is 4.79 Å². The fraction of sp³-hybridized carbons (Fsp3) is 0.600. The summed E-state index contributed by atoms with van der Waals surface area (Å²) in [7, 11) is 0. The first-order valence-electron chi connectivity index (χ1n) is 9.50. The molecule has 0 aliphatic carbocycles. The molecule has 0 saturated carbocycles. The van der Waals surface area contributed by atoms with E-state index in [1.807, 2.05) is 11.0 Å². The lowest BCUT2D eigenvalue weighted by Crippen LogP contribution is -2.50. The van der Waals surface area contributed by atoms with Crippen molar-refractivity contribution >= 4 is 11.9 Å². The molecule has 2 N–H and O–H groups in total. The van der Waals surface area contributed by atoms with Gasteiger partial charge in [0.1, 0.15) is 0 Å². The van der Waals surface area contributed by atoms with E-state index in [1.165, 1.54) is 5.56 Å². The maximum absolute atomic E-state index is 12.4. The van der Waals surface area contributed by atoms with Gasteiger partial charge in [0.15, 0.2) is 0 Å². The van der Waals surface area contributed by atoms with E-state index in [-0.39, 0.29) is 17.4 Å². The Hall–Kier alpha value is -2.04. The number of urea groups is 1. The largest absolute Gasteiger partial charge is 0.355 e. The maximum Gasteiger partial charge on any atom is 0.317 e. The number of aryl methyl sites for hydroxylation is 1. The Morgan fingerprint density at radius 2 is 2.04 bits per heavy atom. The molecule has 0 radical (unpaired) electrons. The van der Waals surface area contributed by atoms with Crippen LogP contribution in [-0.4, -0.2) is 43.0 Å². The number of unbranched alkanes of at least 4 members (excludes halogenated alkanes) is 2. The number of carbonyl (C=O) groups excluding carboxylic acids is 2. The molecule has 3 amide bonds. The van der Waals surface area contributed by atoms with E-state index < -0.39 is 0 Å². The number of nitrogens with one attached hydrogen (secondary N) is 2. The molecular formula is C20H29N3O2. The van der Waals surface area contributed by atoms with Gasteiger partial charge in [0, 0.05) is 38.0 Å². The monoisotopic (exact) mass is 343 g/mol. The Morgan fingerprint density at radius 3 is 2.80 bits per heavy atom. The zero-order valence-electron chi connectivity index (χ0n) is 14.9. The van der Waals surface area contributed by atoms with Crippen molar-refractivity contribution in [3.05, 3.63) is 35.9 Å². The molecule has 25 heavy (non-hydrogen) atoms. The molecule has 136 valence electrons. The third-order valence-electron chi connectivity index (χ3n) is 5.41. The van der Waals surface area contributed by atoms with Crippen LogP contribution in [0.5, 0.6) is 0 Å². The van der Waals surface area contributed by atoms with E-state index in [0.717, 1.165) is 58.2 Å². The summed E-state index contributed by atoms with van der Waals surface area (Å²) in [5.41, 5.74) is 1.35. The number of likely N-dealkylation sites (tertiary alicyclic amines) is 1. The number of hydrogen-bond donors (Lipinski definition) is 2. The van der Waals surface area contributed by atoms with Crippen LogP contribution in [0, 0.1) is 5.41 Å². The average Bonchev–Trinajstić information content (AvgIpc) is 2.98. The molecule has 2 heterocycles. The van der Waals surface area contributed by atoms with E-state index in [1.54, 1.807) is 0 Å². The predicted octanol–water partition coefficient (Wildman–Crippen LogP) is 2.71. The smallest absolute Gasteiger partial charge is 0.317 e. The highest BCUT2D eigenvalue weighted by Crippen LogP contribution is 2.35. The van der Waals surface area contributed by atoms with Crippen LogP contribution in [0.25, 0.3) is 0 Å². The molecule has 5 nitrogen and oxygen atoms in total. The summed E-state index contributed by atoms with van der Waals surface area (Å²) in [6.45, 7) is 2.95. The maximum atomic E-state index is 12.4. The number of hydrogen-bond acceptors (Lipinski definition) is 2. The van der Waals surface area contributed by atoms with E-state index in [9.17, 15) is 9.59 Å². The lowest BCUT2D eigenvalue weighted by molar-refractivity contribution is -0.119. The lowest BCUT2D eigenvalue weighted by Gasteiger charge is -2.39. The van der Waals surface area contributed by atoms with E-state index in [2.05, 4.69) is 34.9 Å². The van der Waals surface area contributed by atoms with Crippen molar-refractivity contribution in [2.45, 2.75) is 44.9 Å². The summed E-state index contributed by atoms with van der Waals surface area (Å²) >= 11 is 0. The molecule has 2 saturated heterocycles. The topological polar surface area (TPSA) is 61.4 Å². The standard InChI is InChI=1S/C20H29N3O2/c24-18-14-20(15-22-18)11-7-13-23(16-20)19(25)21-12-6-2-5-10-17-8-3-1-4-9-17/h1,3-4,8-9H,2,5-7,10-16H2,(H,21,25)(H,22,24)/t20-/m0/s1. The first-order valence-corrected chi connectivity index (χ1v) is 9.50. The zero-order valence-corrected chi connectivity index (χ0v) is 14.9. The van der Waals surface area contributed by atoms with Gasteiger partial charge in [-0.3, -0.25) is 4.79 Å². The second kappa shape index (κ2) is 8.37. The highest BCUT2D eigenvalue weighted by molar-refractivity contribution is 5.80. The molecule has 0 aromatic heterocycles. The van der Waals surface area contributed by atoms with Crippen LogP contribution < -0.4 is 10.6 Å². The number of carbonyl (C=O) groups is 2. The highest BCUT2D eigenvalue weighted by Gasteiger charge is 2.42. The molecule has 3 rings (SSSR count). The Kier molecular flexibility index (Phi) is 5.95. The van der Waals surface area contributed by atoms with Crippen molar-refractivity contribution in [1.82, 2.24) is 15.5 Å². The van der Waals surface area contributed by atoms with Gasteiger partial charge in [-0.1, -0.05) is 36.8 Å². The fourth-order valence-corrected chi connectivity index (χ4v) is 4.00. The van der Waals surface area contributed by atoms with E-state index >= 15 is 0 Å². The number of piperidine rings is 1. The van der Waals surface area contributed by atoms with E-state index in [4.69, 9.17) is 0 Å². The molecule has 1 aromatic carbocycles. The molecule has 0 bridgehead atoms. The third kappa shape index (κ3) is 4.97. The molecule has 1 aromatic rings. The number of rotatable bonds is 6. The quantitative estimate of drug-likeness (QED) is 0.780. The van der Waals surface area contributed by atoms with Crippen LogP contribution in [0.15, 0.2) is 30.3 Å². The third-order valence-corrected chi connectivity index (χ3v) is 5.41. The van der Waals surface area contributed by atoms with Gasteiger partial charge in [0.05, 0.1) is 0 Å². The average molecular weight is 343 g/mol. The Labute approximate surface area is 150 Å². The van der Waals surface area contributed by atoms with Crippen molar-refractivity contribution in [2.75, 3.05) is 26.2 Å². The summed E-state index contributed by atoms with van der Waals surface area (Å²) in [5.74, 6) is 0.126. The second-order valence-corrected chi connectivity index (χ2v) is 7.51. The molecule has 5 heteroatoms. The Bertz CT molecular complexity index is 590. The molecule has 2 fully saturated rings. The Morgan fingerprint density at radius 1 is 1.20 bits per heavy atom. The minimum Gasteiger partial charge on any atom is -0.355 e.